The number of nitrogens with one attached hydrogen (secondary N) is 1. The molecular formula is C17H26N2O2S. The number of hydrogen-bond acceptors (Lipinski definition) is 4. The van der Waals surface area contributed by atoms with E-state index in [0.717, 1.165) is 35.0 Å². The lowest BCUT2D eigenvalue weighted by Crippen LogP contribution is -2.39. The highest BCUT2D eigenvalue weighted by molar-refractivity contribution is 7.80. The van der Waals surface area contributed by atoms with E-state index in [1.165, 1.54) is 19.4 Å². The van der Waals surface area contributed by atoms with Gasteiger partial charge in [0.1, 0.15) is 4.99 Å². The summed E-state index contributed by atoms with van der Waals surface area (Å²) >= 11 is 5.59. The Balaban J connectivity index is 2.10. The van der Waals surface area contributed by atoms with E-state index in [1.807, 2.05) is 19.1 Å². The summed E-state index contributed by atoms with van der Waals surface area (Å²) in [5.74, 6) is 1.42. The fraction of sp³-hybridized carbons (Fsp3) is 0.588. The topological polar surface area (TPSA) is 33.7 Å². The number of nitrogens with zero attached hydrogens (tertiary/aromatic N) is 1. The van der Waals surface area contributed by atoms with Gasteiger partial charge in [0.25, 0.3) is 0 Å². The average Bonchev–Trinajstić information content (AvgIpc) is 2.99. The van der Waals surface area contributed by atoms with Gasteiger partial charge in [-0.15, -0.1) is 0 Å². The van der Waals surface area contributed by atoms with Crippen LogP contribution in [0.2, 0.25) is 0 Å². The molecule has 1 saturated heterocycles. The second kappa shape index (κ2) is 7.79. The maximum atomic E-state index is 5.59. The van der Waals surface area contributed by atoms with Crippen LogP contribution in [0, 0.1) is 6.92 Å². The third-order valence-electron chi connectivity index (χ3n) is 4.27. The van der Waals surface area contributed by atoms with Gasteiger partial charge in [-0.25, -0.2) is 0 Å². The van der Waals surface area contributed by atoms with E-state index < -0.39 is 0 Å². The molecule has 1 aliphatic rings. The van der Waals surface area contributed by atoms with Crippen molar-refractivity contribution in [2.24, 2.45) is 0 Å². The Morgan fingerprint density at radius 2 is 2.14 bits per heavy atom. The van der Waals surface area contributed by atoms with Crippen LogP contribution in [0.25, 0.3) is 0 Å². The van der Waals surface area contributed by atoms with E-state index in [-0.39, 0.29) is 0 Å². The van der Waals surface area contributed by atoms with Crippen molar-refractivity contribution < 1.29 is 9.47 Å². The molecule has 0 saturated carbocycles. The molecule has 1 aromatic rings. The van der Waals surface area contributed by atoms with E-state index in [1.54, 1.807) is 14.2 Å². The van der Waals surface area contributed by atoms with Crippen LogP contribution in [-0.2, 0) is 0 Å². The lowest BCUT2D eigenvalue weighted by Gasteiger charge is -2.24. The minimum atomic E-state index is 0.570. The zero-order valence-corrected chi connectivity index (χ0v) is 14.8. The predicted molar refractivity (Wildman–Crippen MR) is 94.3 cm³/mol. The average molecular weight is 322 g/mol. The van der Waals surface area contributed by atoms with Crippen molar-refractivity contribution in [2.45, 2.75) is 32.7 Å². The molecular weight excluding hydrogens is 296 g/mol. The summed E-state index contributed by atoms with van der Waals surface area (Å²) in [4.78, 5) is 3.23. The van der Waals surface area contributed by atoms with E-state index in [9.17, 15) is 0 Å². The molecule has 0 aliphatic carbocycles. The molecule has 1 fully saturated rings. The van der Waals surface area contributed by atoms with Crippen molar-refractivity contribution >= 4 is 17.2 Å². The number of thiocarbonyl (C=S) groups is 1. The Hall–Kier alpha value is -1.33. The van der Waals surface area contributed by atoms with Crippen LogP contribution in [0.5, 0.6) is 11.5 Å². The molecule has 0 spiro atoms. The lowest BCUT2D eigenvalue weighted by molar-refractivity contribution is 0.267. The van der Waals surface area contributed by atoms with Gasteiger partial charge in [0.05, 0.1) is 19.8 Å². The van der Waals surface area contributed by atoms with Crippen molar-refractivity contribution in [1.29, 1.82) is 0 Å². The molecule has 22 heavy (non-hydrogen) atoms. The predicted octanol–water partition coefficient (Wildman–Crippen LogP) is 2.76. The van der Waals surface area contributed by atoms with Crippen molar-refractivity contribution in [1.82, 2.24) is 10.2 Å². The first-order chi connectivity index (χ1) is 10.6. The summed E-state index contributed by atoms with van der Waals surface area (Å²) in [6.07, 6.45) is 2.51. The lowest BCUT2D eigenvalue weighted by atomic mass is 10.1. The van der Waals surface area contributed by atoms with E-state index in [2.05, 4.69) is 17.1 Å². The standard InChI is InChI=1S/C17H26N2O2S/c1-5-19-8-6-7-13(19)11-18-17(22)14-9-12(2)10-15(20-3)16(14)21-4/h9-10,13H,5-8,11H2,1-4H3,(H,18,22). The molecule has 4 nitrogen and oxygen atoms in total. The number of ether oxygens (including phenoxy) is 2. The number of likely N-dealkylation sites (N-methyl/N-ethyl adjacent to an activating group) is 1. The summed E-state index contributed by atoms with van der Waals surface area (Å²) in [6.45, 7) is 7.42. The summed E-state index contributed by atoms with van der Waals surface area (Å²) in [5, 5.41) is 3.41. The third-order valence-corrected chi connectivity index (χ3v) is 4.64. The molecule has 0 bridgehead atoms. The van der Waals surface area contributed by atoms with Crippen molar-refractivity contribution in [3.8, 4) is 11.5 Å². The van der Waals surface area contributed by atoms with Gasteiger partial charge in [-0.2, -0.15) is 0 Å². The number of likely N-dealkylation sites (tertiary alicyclic amines) is 1. The van der Waals surface area contributed by atoms with E-state index >= 15 is 0 Å². The monoisotopic (exact) mass is 322 g/mol. The molecule has 0 aromatic heterocycles. The highest BCUT2D eigenvalue weighted by Gasteiger charge is 2.23. The van der Waals surface area contributed by atoms with Gasteiger partial charge in [-0.3, -0.25) is 4.90 Å². The van der Waals surface area contributed by atoms with Crippen LogP contribution >= 0.6 is 12.2 Å². The smallest absolute Gasteiger partial charge is 0.170 e. The van der Waals surface area contributed by atoms with Gasteiger partial charge in [0, 0.05) is 12.6 Å². The number of aryl methyl sites for hydroxylation is 1. The van der Waals surface area contributed by atoms with Crippen molar-refractivity contribution in [2.75, 3.05) is 33.9 Å². The zero-order chi connectivity index (χ0) is 16.1. The van der Waals surface area contributed by atoms with Crippen molar-refractivity contribution in [3.63, 3.8) is 0 Å². The Morgan fingerprint density at radius 1 is 1.36 bits per heavy atom. The van der Waals surface area contributed by atoms with Gasteiger partial charge in [0.2, 0.25) is 0 Å². The van der Waals surface area contributed by atoms with Crippen LogP contribution < -0.4 is 14.8 Å². The van der Waals surface area contributed by atoms with Crippen LogP contribution in [0.4, 0.5) is 0 Å². The van der Waals surface area contributed by atoms with Gasteiger partial charge in [0.15, 0.2) is 11.5 Å². The molecule has 1 aliphatic heterocycles. The van der Waals surface area contributed by atoms with Crippen LogP contribution in [0.15, 0.2) is 12.1 Å². The second-order valence-corrected chi connectivity index (χ2v) is 6.09. The fourth-order valence-corrected chi connectivity index (χ4v) is 3.35. The van der Waals surface area contributed by atoms with Crippen LogP contribution in [-0.4, -0.2) is 49.8 Å². The normalized spacial score (nSPS) is 18.3. The SMILES string of the molecule is CCN1CCCC1CNC(=S)c1cc(C)cc(OC)c1OC. The van der Waals surface area contributed by atoms with E-state index in [4.69, 9.17) is 21.7 Å². The number of hydrogen-bond donors (Lipinski definition) is 1. The largest absolute Gasteiger partial charge is 0.493 e. The number of methoxy groups -OCH3 is 2. The minimum absolute atomic E-state index is 0.570. The van der Waals surface area contributed by atoms with E-state index in [0.29, 0.717) is 11.8 Å². The molecule has 2 rings (SSSR count). The molecule has 0 radical (unpaired) electrons. The summed E-state index contributed by atoms with van der Waals surface area (Å²) in [7, 11) is 3.30. The number of benzene rings is 1. The third kappa shape index (κ3) is 3.70. The maximum Gasteiger partial charge on any atom is 0.170 e. The Kier molecular flexibility index (Phi) is 6.03. The quantitative estimate of drug-likeness (QED) is 0.815. The van der Waals surface area contributed by atoms with Gasteiger partial charge in [-0.1, -0.05) is 19.1 Å². The molecule has 122 valence electrons. The van der Waals surface area contributed by atoms with Crippen LogP contribution in [0.3, 0.4) is 0 Å². The Morgan fingerprint density at radius 3 is 2.77 bits per heavy atom. The molecule has 0 amide bonds. The minimum Gasteiger partial charge on any atom is -0.493 e. The molecule has 1 N–H and O–H groups in total. The Bertz CT molecular complexity index is 534. The highest BCUT2D eigenvalue weighted by Crippen LogP contribution is 2.32. The van der Waals surface area contributed by atoms with Gasteiger partial charge in [-0.05, 0) is 50.6 Å². The van der Waals surface area contributed by atoms with Gasteiger partial charge < -0.3 is 14.8 Å². The molecule has 5 heteroatoms. The van der Waals surface area contributed by atoms with Crippen molar-refractivity contribution in [3.05, 3.63) is 23.3 Å². The zero-order valence-electron chi connectivity index (χ0n) is 13.9. The first-order valence-electron chi connectivity index (χ1n) is 7.85. The summed E-state index contributed by atoms with van der Waals surface area (Å²) in [5.41, 5.74) is 2.00. The maximum absolute atomic E-state index is 5.59. The molecule has 1 heterocycles. The second-order valence-electron chi connectivity index (χ2n) is 5.68. The molecule has 1 atom stereocenters. The molecule has 1 unspecified atom stereocenters. The first kappa shape index (κ1) is 17.0. The Labute approximate surface area is 138 Å². The van der Waals surface area contributed by atoms with Crippen LogP contribution in [0.1, 0.15) is 30.9 Å². The number of rotatable bonds is 6. The first-order valence-corrected chi connectivity index (χ1v) is 8.26. The molecule has 1 aromatic carbocycles. The fourth-order valence-electron chi connectivity index (χ4n) is 3.12. The van der Waals surface area contributed by atoms with Gasteiger partial charge >= 0.3 is 0 Å². The highest BCUT2D eigenvalue weighted by atomic mass is 32.1. The summed E-state index contributed by atoms with van der Waals surface area (Å²) in [6, 6.07) is 4.57. The summed E-state index contributed by atoms with van der Waals surface area (Å²) < 4.78 is 10.9.